The van der Waals surface area contributed by atoms with E-state index >= 15 is 0 Å². The fraction of sp³-hybridized carbons (Fsp3) is 0.308. The third-order valence-electron chi connectivity index (χ3n) is 6.06. The summed E-state index contributed by atoms with van der Waals surface area (Å²) in [7, 11) is 0. The van der Waals surface area contributed by atoms with E-state index in [-0.39, 0.29) is 18.4 Å². The summed E-state index contributed by atoms with van der Waals surface area (Å²) < 4.78 is 1.97. The summed E-state index contributed by atoms with van der Waals surface area (Å²) in [5, 5.41) is 9.53. The van der Waals surface area contributed by atoms with Crippen LogP contribution in [0.3, 0.4) is 0 Å². The molecule has 1 fully saturated rings. The number of anilines is 1. The van der Waals surface area contributed by atoms with E-state index in [2.05, 4.69) is 18.0 Å². The molecule has 174 valence electrons. The summed E-state index contributed by atoms with van der Waals surface area (Å²) in [6, 6.07) is 16.0. The van der Waals surface area contributed by atoms with Crippen molar-refractivity contribution in [3.63, 3.8) is 0 Å². The number of imidazole rings is 1. The maximum Gasteiger partial charge on any atom is 0.250 e. The van der Waals surface area contributed by atoms with Crippen molar-refractivity contribution in [2.45, 2.75) is 45.3 Å². The maximum absolute atomic E-state index is 13.5. The second kappa shape index (κ2) is 10.5. The van der Waals surface area contributed by atoms with E-state index in [1.54, 1.807) is 58.7 Å². The van der Waals surface area contributed by atoms with Crippen molar-refractivity contribution >= 4 is 29.1 Å². The molecule has 1 aromatic heterocycles. The molecule has 2 amide bonds. The number of unbranched alkanes of at least 4 members (excludes halogenated alkanes) is 1. The highest BCUT2D eigenvalue weighted by Gasteiger charge is 2.39. The highest BCUT2D eigenvalue weighted by molar-refractivity contribution is 6.31. The Morgan fingerprint density at radius 2 is 1.94 bits per heavy atom. The van der Waals surface area contributed by atoms with Crippen LogP contribution in [0.4, 0.5) is 5.69 Å². The van der Waals surface area contributed by atoms with Gasteiger partial charge in [-0.15, -0.1) is 0 Å². The third kappa shape index (κ3) is 5.13. The summed E-state index contributed by atoms with van der Waals surface area (Å²) in [6.07, 6.45) is 5.83. The van der Waals surface area contributed by atoms with Crippen LogP contribution < -0.4 is 4.90 Å². The molecular formula is C26H26ClN5O2. The average Bonchev–Trinajstić information content (AvgIpc) is 3.27. The number of benzene rings is 2. The smallest absolute Gasteiger partial charge is 0.250 e. The Hall–Kier alpha value is -3.63. The van der Waals surface area contributed by atoms with Crippen LogP contribution in [0.2, 0.25) is 5.02 Å². The van der Waals surface area contributed by atoms with Crippen LogP contribution >= 0.6 is 11.6 Å². The van der Waals surface area contributed by atoms with Crippen molar-refractivity contribution in [2.24, 2.45) is 0 Å². The van der Waals surface area contributed by atoms with Crippen LogP contribution in [-0.2, 0) is 22.7 Å². The Bertz CT molecular complexity index is 1210. The molecular weight excluding hydrogens is 450 g/mol. The zero-order chi connectivity index (χ0) is 24.1. The van der Waals surface area contributed by atoms with E-state index in [4.69, 9.17) is 16.9 Å². The summed E-state index contributed by atoms with van der Waals surface area (Å²) in [4.78, 5) is 34.3. The van der Waals surface area contributed by atoms with Crippen LogP contribution in [0.1, 0.15) is 43.0 Å². The van der Waals surface area contributed by atoms with Crippen molar-refractivity contribution in [1.82, 2.24) is 14.5 Å². The van der Waals surface area contributed by atoms with Gasteiger partial charge < -0.3 is 14.4 Å². The number of carbonyl (C=O) groups excluding carboxylic acids is 2. The normalized spacial score (nSPS) is 16.1. The fourth-order valence-corrected chi connectivity index (χ4v) is 4.39. The molecule has 0 bridgehead atoms. The molecule has 4 rings (SSSR count). The van der Waals surface area contributed by atoms with Crippen molar-refractivity contribution in [3.05, 3.63) is 82.9 Å². The molecule has 8 heteroatoms. The Morgan fingerprint density at radius 1 is 1.15 bits per heavy atom. The Balaban J connectivity index is 1.56. The summed E-state index contributed by atoms with van der Waals surface area (Å²) in [6.45, 7) is 2.91. The Labute approximate surface area is 204 Å². The van der Waals surface area contributed by atoms with E-state index in [0.29, 0.717) is 35.8 Å². The SMILES string of the molecule is CCCCC1C(=O)N(c2cccc(Cl)c2)CC(=O)N1Cc1cncn1Cc1ccc(C#N)cc1. The quantitative estimate of drug-likeness (QED) is 0.483. The van der Waals surface area contributed by atoms with Crippen LogP contribution in [0, 0.1) is 11.3 Å². The number of carbonyl (C=O) groups is 2. The first kappa shape index (κ1) is 23.5. The number of amides is 2. The van der Waals surface area contributed by atoms with Gasteiger partial charge >= 0.3 is 0 Å². The molecule has 1 saturated heterocycles. The molecule has 34 heavy (non-hydrogen) atoms. The lowest BCUT2D eigenvalue weighted by atomic mass is 10.0. The summed E-state index contributed by atoms with van der Waals surface area (Å²) in [5.41, 5.74) is 3.12. The zero-order valence-corrected chi connectivity index (χ0v) is 19.8. The van der Waals surface area contributed by atoms with E-state index in [9.17, 15) is 9.59 Å². The van der Waals surface area contributed by atoms with Crippen molar-refractivity contribution in [2.75, 3.05) is 11.4 Å². The van der Waals surface area contributed by atoms with Crippen LogP contribution in [0.15, 0.2) is 61.1 Å². The highest BCUT2D eigenvalue weighted by atomic mass is 35.5. The average molecular weight is 476 g/mol. The molecule has 2 heterocycles. The maximum atomic E-state index is 13.5. The van der Waals surface area contributed by atoms with Gasteiger partial charge in [-0.2, -0.15) is 5.26 Å². The van der Waals surface area contributed by atoms with Gasteiger partial charge in [0.1, 0.15) is 12.6 Å². The molecule has 0 N–H and O–H groups in total. The number of aromatic nitrogens is 2. The molecule has 0 saturated carbocycles. The molecule has 0 aliphatic carbocycles. The molecule has 2 aromatic carbocycles. The molecule has 1 atom stereocenters. The third-order valence-corrected chi connectivity index (χ3v) is 6.29. The van der Waals surface area contributed by atoms with E-state index in [1.165, 1.54) is 0 Å². The minimum atomic E-state index is -0.543. The number of hydrogen-bond donors (Lipinski definition) is 0. The first-order chi connectivity index (χ1) is 16.5. The molecule has 7 nitrogen and oxygen atoms in total. The van der Waals surface area contributed by atoms with E-state index in [1.807, 2.05) is 16.7 Å². The molecule has 1 unspecified atom stereocenters. The number of rotatable bonds is 8. The van der Waals surface area contributed by atoms with E-state index < -0.39 is 6.04 Å². The first-order valence-corrected chi connectivity index (χ1v) is 11.7. The number of piperazine rings is 1. The second-order valence-electron chi connectivity index (χ2n) is 8.41. The first-order valence-electron chi connectivity index (χ1n) is 11.3. The van der Waals surface area contributed by atoms with Crippen molar-refractivity contribution in [3.8, 4) is 6.07 Å². The van der Waals surface area contributed by atoms with Crippen molar-refractivity contribution < 1.29 is 9.59 Å². The predicted molar refractivity (Wildman–Crippen MR) is 130 cm³/mol. The van der Waals surface area contributed by atoms with Gasteiger partial charge in [0.05, 0.1) is 30.2 Å². The second-order valence-corrected chi connectivity index (χ2v) is 8.84. The molecule has 0 spiro atoms. The van der Waals surface area contributed by atoms with Gasteiger partial charge in [0, 0.05) is 23.5 Å². The van der Waals surface area contributed by atoms with Crippen LogP contribution in [0.25, 0.3) is 0 Å². The number of halogens is 1. The van der Waals surface area contributed by atoms with Gasteiger partial charge in [0.15, 0.2) is 0 Å². The highest BCUT2D eigenvalue weighted by Crippen LogP contribution is 2.27. The molecule has 1 aliphatic heterocycles. The number of nitrogens with zero attached hydrogens (tertiary/aromatic N) is 5. The summed E-state index contributed by atoms with van der Waals surface area (Å²) in [5.74, 6) is -0.194. The molecule has 1 aliphatic rings. The van der Waals surface area contributed by atoms with Gasteiger partial charge in [-0.3, -0.25) is 9.59 Å². The Morgan fingerprint density at radius 3 is 2.65 bits per heavy atom. The minimum Gasteiger partial charge on any atom is -0.329 e. The van der Waals surface area contributed by atoms with Gasteiger partial charge in [-0.1, -0.05) is 49.6 Å². The van der Waals surface area contributed by atoms with Gasteiger partial charge in [-0.05, 0) is 42.3 Å². The van der Waals surface area contributed by atoms with Gasteiger partial charge in [0.25, 0.3) is 0 Å². The van der Waals surface area contributed by atoms with Crippen molar-refractivity contribution in [1.29, 1.82) is 5.26 Å². The van der Waals surface area contributed by atoms with E-state index in [0.717, 1.165) is 24.1 Å². The lowest BCUT2D eigenvalue weighted by Gasteiger charge is -2.40. The van der Waals surface area contributed by atoms with Crippen LogP contribution in [0.5, 0.6) is 0 Å². The monoisotopic (exact) mass is 475 g/mol. The largest absolute Gasteiger partial charge is 0.329 e. The zero-order valence-electron chi connectivity index (χ0n) is 19.0. The standard InChI is InChI=1S/C26H26ClN5O2/c1-2-3-7-24-26(34)31(22-6-4-5-21(27)12-22)17-25(33)32(24)16-23-14-29-18-30(23)15-20-10-8-19(13-28)9-11-20/h4-6,8-12,14,18,24H,2-3,7,15-17H2,1H3. The van der Waals surface area contributed by atoms with Crippen LogP contribution in [-0.4, -0.2) is 38.9 Å². The Kier molecular flexibility index (Phi) is 7.29. The minimum absolute atomic E-state index is 0.0223. The predicted octanol–water partition coefficient (Wildman–Crippen LogP) is 4.39. The lowest BCUT2D eigenvalue weighted by molar-refractivity contribution is -0.144. The topological polar surface area (TPSA) is 82.2 Å². The lowest BCUT2D eigenvalue weighted by Crippen LogP contribution is -2.59. The number of nitriles is 1. The van der Waals surface area contributed by atoms with Gasteiger partial charge in [0.2, 0.25) is 11.8 Å². The number of hydrogen-bond acceptors (Lipinski definition) is 4. The fourth-order valence-electron chi connectivity index (χ4n) is 4.21. The molecule has 0 radical (unpaired) electrons. The summed E-state index contributed by atoms with van der Waals surface area (Å²) >= 11 is 6.13. The van der Waals surface area contributed by atoms with Gasteiger partial charge in [-0.25, -0.2) is 4.98 Å². The molecule has 3 aromatic rings.